The van der Waals surface area contributed by atoms with Crippen molar-refractivity contribution in [1.29, 1.82) is 0 Å². The van der Waals surface area contributed by atoms with Crippen molar-refractivity contribution < 1.29 is 4.85 Å². The Balaban J connectivity index is 1.97. The van der Waals surface area contributed by atoms with Gasteiger partial charge in [-0.25, -0.2) is 4.98 Å². The summed E-state index contributed by atoms with van der Waals surface area (Å²) in [5.74, 6) is 0.447. The summed E-state index contributed by atoms with van der Waals surface area (Å²) in [6.45, 7) is 1.94. The van der Waals surface area contributed by atoms with Gasteiger partial charge in [-0.3, -0.25) is 0 Å². The molecule has 0 bridgehead atoms. The first kappa shape index (κ1) is 12.7. The van der Waals surface area contributed by atoms with Gasteiger partial charge in [0.25, 0.3) is 5.52 Å². The third-order valence-electron chi connectivity index (χ3n) is 3.83. The molecule has 0 N–H and O–H groups in total. The molecule has 0 saturated carbocycles. The molecule has 4 nitrogen and oxygen atoms in total. The van der Waals surface area contributed by atoms with Crippen LogP contribution < -0.4 is 4.85 Å². The molecule has 4 heteroatoms. The molecule has 0 aliphatic carbocycles. The first-order valence-electron chi connectivity index (χ1n) is 7.09. The summed E-state index contributed by atoms with van der Waals surface area (Å²) >= 11 is 0. The van der Waals surface area contributed by atoms with Gasteiger partial charge in [0.1, 0.15) is 5.52 Å². The monoisotopic (exact) mass is 287 g/mol. The fourth-order valence-corrected chi connectivity index (χ4v) is 2.66. The lowest BCUT2D eigenvalue weighted by molar-refractivity contribution is -0.642. The van der Waals surface area contributed by atoms with E-state index in [-0.39, 0.29) is 0 Å². The van der Waals surface area contributed by atoms with Crippen LogP contribution in [0.4, 0.5) is 0 Å². The molecular weight excluding hydrogens is 274 g/mol. The molecule has 3 aromatic carbocycles. The Bertz CT molecular complexity index is 1010. The smallest absolute Gasteiger partial charge is 0.270 e. The summed E-state index contributed by atoms with van der Waals surface area (Å²) in [4.78, 5) is 5.23. The van der Waals surface area contributed by atoms with Gasteiger partial charge in [0.2, 0.25) is 5.82 Å². The summed E-state index contributed by atoms with van der Waals surface area (Å²) in [5, 5.41) is 18.5. The van der Waals surface area contributed by atoms with Gasteiger partial charge in [0, 0.05) is 16.7 Å². The summed E-state index contributed by atoms with van der Waals surface area (Å²) in [5.41, 5.74) is 2.99. The molecule has 0 unspecified atom stereocenters. The van der Waals surface area contributed by atoms with Gasteiger partial charge < -0.3 is 5.21 Å². The molecule has 0 fully saturated rings. The van der Waals surface area contributed by atoms with Gasteiger partial charge in [0.15, 0.2) is 0 Å². The van der Waals surface area contributed by atoms with E-state index in [9.17, 15) is 5.21 Å². The molecule has 0 saturated heterocycles. The lowest BCUT2D eigenvalue weighted by Gasteiger charge is -2.05. The second-order valence-electron chi connectivity index (χ2n) is 5.31. The van der Waals surface area contributed by atoms with Crippen LogP contribution in [-0.2, 0) is 0 Å². The number of benzene rings is 3. The molecule has 1 heterocycles. The first-order chi connectivity index (χ1) is 10.7. The second kappa shape index (κ2) is 4.77. The Morgan fingerprint density at radius 1 is 0.909 bits per heavy atom. The maximum absolute atomic E-state index is 12.2. The van der Waals surface area contributed by atoms with Crippen LogP contribution in [0.2, 0.25) is 0 Å². The molecule has 1 aromatic heterocycles. The number of fused-ring (bicyclic) bond motifs is 2. The van der Waals surface area contributed by atoms with Crippen LogP contribution in [0.5, 0.6) is 0 Å². The zero-order valence-corrected chi connectivity index (χ0v) is 12.0. The van der Waals surface area contributed by atoms with Crippen LogP contribution in [0.3, 0.4) is 0 Å². The van der Waals surface area contributed by atoms with Crippen molar-refractivity contribution >= 4 is 21.8 Å². The van der Waals surface area contributed by atoms with Gasteiger partial charge in [-0.1, -0.05) is 48.5 Å². The Kier molecular flexibility index (Phi) is 2.76. The number of nitrogens with zero attached hydrogens (tertiary/aromatic N) is 3. The third-order valence-corrected chi connectivity index (χ3v) is 3.83. The average Bonchev–Trinajstić information content (AvgIpc) is 2.55. The highest BCUT2D eigenvalue weighted by Gasteiger charge is 2.14. The van der Waals surface area contributed by atoms with Crippen LogP contribution in [0.1, 0.15) is 5.56 Å². The molecule has 4 aromatic rings. The lowest BCUT2D eigenvalue weighted by Crippen LogP contribution is -2.33. The number of rotatable bonds is 1. The van der Waals surface area contributed by atoms with Crippen LogP contribution >= 0.6 is 0 Å². The van der Waals surface area contributed by atoms with Crippen LogP contribution in [-0.4, -0.2) is 10.1 Å². The number of hydrogen-bond acceptors (Lipinski definition) is 3. The summed E-state index contributed by atoms with van der Waals surface area (Å²) < 4.78 is 0. The highest BCUT2D eigenvalue weighted by Crippen LogP contribution is 2.23. The van der Waals surface area contributed by atoms with E-state index in [0.29, 0.717) is 21.7 Å². The van der Waals surface area contributed by atoms with Gasteiger partial charge >= 0.3 is 0 Å². The van der Waals surface area contributed by atoms with Crippen molar-refractivity contribution in [2.24, 2.45) is 0 Å². The quantitative estimate of drug-likeness (QED) is 0.398. The molecule has 22 heavy (non-hydrogen) atoms. The molecule has 4 rings (SSSR count). The zero-order chi connectivity index (χ0) is 15.1. The zero-order valence-electron chi connectivity index (χ0n) is 12.0. The molecule has 106 valence electrons. The minimum atomic E-state index is 0.447. The molecular formula is C18H13N3O. The number of hydrogen-bond donors (Lipinski definition) is 0. The minimum Gasteiger partial charge on any atom is -0.594 e. The Morgan fingerprint density at radius 2 is 1.73 bits per heavy atom. The minimum absolute atomic E-state index is 0.447. The standard InChI is InChI=1S/C18H13N3O/c1-12-5-4-8-16-17(12)19-18(20-21(16)22)15-10-9-13-6-2-3-7-14(13)11-15/h2-11H,1H3. The lowest BCUT2D eigenvalue weighted by atomic mass is 10.1. The highest BCUT2D eigenvalue weighted by molar-refractivity contribution is 5.86. The highest BCUT2D eigenvalue weighted by atomic mass is 16.5. The molecule has 0 spiro atoms. The number of para-hydroxylation sites is 1. The van der Waals surface area contributed by atoms with Crippen LogP contribution in [0, 0.1) is 12.1 Å². The van der Waals surface area contributed by atoms with E-state index in [0.717, 1.165) is 21.9 Å². The molecule has 0 aliphatic rings. The normalized spacial score (nSPS) is 11.1. The Hall–Kier alpha value is -3.01. The summed E-state index contributed by atoms with van der Waals surface area (Å²) in [6, 6.07) is 19.6. The first-order valence-corrected chi connectivity index (χ1v) is 7.09. The molecule has 0 aliphatic heterocycles. The van der Waals surface area contributed by atoms with Crippen molar-refractivity contribution in [2.75, 3.05) is 0 Å². The van der Waals surface area contributed by atoms with E-state index in [4.69, 9.17) is 0 Å². The van der Waals surface area contributed by atoms with Crippen molar-refractivity contribution in [3.63, 3.8) is 0 Å². The molecule has 0 atom stereocenters. The Labute approximate surface area is 127 Å². The predicted molar refractivity (Wildman–Crippen MR) is 86.2 cm³/mol. The van der Waals surface area contributed by atoms with E-state index in [1.807, 2.05) is 55.5 Å². The summed E-state index contributed by atoms with van der Waals surface area (Å²) in [6.07, 6.45) is 0. The predicted octanol–water partition coefficient (Wildman–Crippen LogP) is 3.39. The largest absolute Gasteiger partial charge is 0.594 e. The number of aryl methyl sites for hydroxylation is 1. The van der Waals surface area contributed by atoms with E-state index >= 15 is 0 Å². The van der Waals surface area contributed by atoms with Gasteiger partial charge in [-0.05, 0) is 34.2 Å². The van der Waals surface area contributed by atoms with Crippen molar-refractivity contribution in [2.45, 2.75) is 6.92 Å². The SMILES string of the molecule is Cc1cccc2c1nc(-c1ccc3ccccc3c1)n[n+]2[O-]. The van der Waals surface area contributed by atoms with E-state index in [2.05, 4.69) is 16.1 Å². The fourth-order valence-electron chi connectivity index (χ4n) is 2.66. The maximum atomic E-state index is 12.2. The number of aromatic nitrogens is 3. The van der Waals surface area contributed by atoms with E-state index in [1.165, 1.54) is 0 Å². The van der Waals surface area contributed by atoms with Gasteiger partial charge in [0.05, 0.1) is 0 Å². The van der Waals surface area contributed by atoms with Gasteiger partial charge in [-0.2, -0.15) is 0 Å². The van der Waals surface area contributed by atoms with Crippen molar-refractivity contribution in [3.05, 3.63) is 71.4 Å². The summed E-state index contributed by atoms with van der Waals surface area (Å²) in [7, 11) is 0. The van der Waals surface area contributed by atoms with E-state index in [1.54, 1.807) is 6.07 Å². The average molecular weight is 287 g/mol. The Morgan fingerprint density at radius 3 is 2.59 bits per heavy atom. The molecule has 0 amide bonds. The van der Waals surface area contributed by atoms with Crippen molar-refractivity contribution in [3.8, 4) is 11.4 Å². The second-order valence-corrected chi connectivity index (χ2v) is 5.31. The molecule has 0 radical (unpaired) electrons. The van der Waals surface area contributed by atoms with Gasteiger partial charge in [-0.15, -0.1) is 0 Å². The fraction of sp³-hybridized carbons (Fsp3) is 0.0556. The maximum Gasteiger partial charge on any atom is 0.270 e. The van der Waals surface area contributed by atoms with Crippen LogP contribution in [0.15, 0.2) is 60.7 Å². The topological polar surface area (TPSA) is 52.7 Å². The van der Waals surface area contributed by atoms with Crippen LogP contribution in [0.25, 0.3) is 33.2 Å². The third kappa shape index (κ3) is 1.97. The van der Waals surface area contributed by atoms with E-state index < -0.39 is 0 Å². The van der Waals surface area contributed by atoms with Crippen molar-refractivity contribution in [1.82, 2.24) is 10.1 Å².